The molecule has 2 rings (SSSR count). The second kappa shape index (κ2) is 11.7. The number of ether oxygens (including phenoxy) is 1. The van der Waals surface area contributed by atoms with Crippen LogP contribution in [-0.4, -0.2) is 80.1 Å². The summed E-state index contributed by atoms with van der Waals surface area (Å²) in [5, 5.41) is 14.8. The van der Waals surface area contributed by atoms with Crippen molar-refractivity contribution in [1.29, 1.82) is 0 Å². The van der Waals surface area contributed by atoms with Crippen molar-refractivity contribution in [1.82, 2.24) is 9.21 Å². The molecule has 1 aromatic rings. The van der Waals surface area contributed by atoms with Gasteiger partial charge in [-0.15, -0.1) is 0 Å². The van der Waals surface area contributed by atoms with Crippen LogP contribution in [0.1, 0.15) is 24.8 Å². The van der Waals surface area contributed by atoms with Gasteiger partial charge in [0.15, 0.2) is 0 Å². The summed E-state index contributed by atoms with van der Waals surface area (Å²) in [6.07, 6.45) is 3.93. The van der Waals surface area contributed by atoms with Gasteiger partial charge in [0.25, 0.3) is 0 Å². The number of piperidine rings is 1. The van der Waals surface area contributed by atoms with Crippen LogP contribution >= 0.6 is 0 Å². The molecule has 0 bridgehead atoms. The van der Waals surface area contributed by atoms with Crippen molar-refractivity contribution in [3.63, 3.8) is 0 Å². The Morgan fingerprint density at radius 2 is 1.57 bits per heavy atom. The van der Waals surface area contributed by atoms with Crippen LogP contribution in [-0.2, 0) is 31.0 Å². The fourth-order valence-corrected chi connectivity index (χ4v) is 3.44. The molecule has 1 aromatic carbocycles. The van der Waals surface area contributed by atoms with Crippen LogP contribution in [0.25, 0.3) is 0 Å². The molecule has 0 saturated carbocycles. The molecule has 0 radical (unpaired) electrons. The highest BCUT2D eigenvalue weighted by atomic mass is 32.2. The van der Waals surface area contributed by atoms with Gasteiger partial charge in [-0.05, 0) is 43.6 Å². The quantitative estimate of drug-likeness (QED) is 0.500. The molecule has 1 heterocycles. The Balaban J connectivity index is 0.000000568. The monoisotopic (exact) mass is 416 g/mol. The van der Waals surface area contributed by atoms with Crippen LogP contribution in [0.15, 0.2) is 29.2 Å². The molecule has 0 unspecified atom stereocenters. The molecule has 1 aliphatic rings. The Morgan fingerprint density at radius 1 is 1.04 bits per heavy atom. The van der Waals surface area contributed by atoms with Crippen molar-refractivity contribution >= 4 is 22.0 Å². The highest BCUT2D eigenvalue weighted by molar-refractivity contribution is 7.89. The molecule has 10 heteroatoms. The van der Waals surface area contributed by atoms with Crippen LogP contribution in [0.4, 0.5) is 0 Å². The number of carbonyl (C=O) groups is 2. The smallest absolute Gasteiger partial charge is 0.414 e. The van der Waals surface area contributed by atoms with E-state index in [1.165, 1.54) is 50.8 Å². The van der Waals surface area contributed by atoms with E-state index in [4.69, 9.17) is 24.5 Å². The lowest BCUT2D eigenvalue weighted by Gasteiger charge is -2.26. The summed E-state index contributed by atoms with van der Waals surface area (Å²) in [6, 6.07) is 6.91. The zero-order valence-corrected chi connectivity index (χ0v) is 17.0. The Morgan fingerprint density at radius 3 is 2.04 bits per heavy atom. The van der Waals surface area contributed by atoms with Gasteiger partial charge in [0.1, 0.15) is 0 Å². The third-order valence-electron chi connectivity index (χ3n) is 4.15. The minimum Gasteiger partial charge on any atom is -0.473 e. The summed E-state index contributed by atoms with van der Waals surface area (Å²) >= 11 is 0. The van der Waals surface area contributed by atoms with Crippen LogP contribution in [0.2, 0.25) is 0 Å². The third kappa shape index (κ3) is 8.34. The number of nitrogens with zero attached hydrogens (tertiary/aromatic N) is 2. The Labute approximate surface area is 165 Å². The summed E-state index contributed by atoms with van der Waals surface area (Å²) < 4.78 is 30.8. The van der Waals surface area contributed by atoms with Crippen LogP contribution < -0.4 is 0 Å². The number of hydrogen-bond acceptors (Lipinski definition) is 6. The maximum Gasteiger partial charge on any atom is 0.414 e. The zero-order valence-electron chi connectivity index (χ0n) is 16.2. The first-order valence-corrected chi connectivity index (χ1v) is 10.4. The van der Waals surface area contributed by atoms with Gasteiger partial charge in [-0.25, -0.2) is 22.3 Å². The topological polar surface area (TPSA) is 124 Å². The number of carboxylic acids is 2. The van der Waals surface area contributed by atoms with Crippen molar-refractivity contribution < 1.29 is 33.0 Å². The van der Waals surface area contributed by atoms with E-state index >= 15 is 0 Å². The molecule has 0 aromatic heterocycles. The van der Waals surface area contributed by atoms with Gasteiger partial charge in [0.2, 0.25) is 10.0 Å². The second-order valence-electron chi connectivity index (χ2n) is 6.50. The van der Waals surface area contributed by atoms with Crippen LogP contribution in [0, 0.1) is 0 Å². The lowest BCUT2D eigenvalue weighted by atomic mass is 10.1. The number of rotatable bonds is 7. The molecule has 0 amide bonds. The first kappa shape index (κ1) is 24.0. The molecule has 2 N–H and O–H groups in total. The van der Waals surface area contributed by atoms with Gasteiger partial charge in [-0.2, -0.15) is 0 Å². The average Bonchev–Trinajstić information content (AvgIpc) is 2.67. The highest BCUT2D eigenvalue weighted by Gasteiger charge is 2.16. The number of carboxylic acid groups (broad SMARTS) is 2. The maximum absolute atomic E-state index is 12.0. The SMILES string of the molecule is CN(C)S(=O)(=O)c1ccc(COCCN2CCCCC2)cc1.O=C(O)C(=O)O. The van der Waals surface area contributed by atoms with E-state index in [0.717, 1.165) is 18.7 Å². The van der Waals surface area contributed by atoms with E-state index < -0.39 is 22.0 Å². The third-order valence-corrected chi connectivity index (χ3v) is 5.98. The van der Waals surface area contributed by atoms with E-state index in [1.54, 1.807) is 12.1 Å². The van der Waals surface area contributed by atoms with Crippen molar-refractivity contribution in [3.8, 4) is 0 Å². The molecular formula is C18H28N2O7S. The first-order valence-electron chi connectivity index (χ1n) is 8.92. The largest absolute Gasteiger partial charge is 0.473 e. The van der Waals surface area contributed by atoms with Gasteiger partial charge in [0.05, 0.1) is 18.1 Å². The highest BCUT2D eigenvalue weighted by Crippen LogP contribution is 2.14. The Kier molecular flexibility index (Phi) is 10.1. The van der Waals surface area contributed by atoms with Gasteiger partial charge in [-0.3, -0.25) is 0 Å². The summed E-state index contributed by atoms with van der Waals surface area (Å²) in [4.78, 5) is 21.0. The maximum atomic E-state index is 12.0. The molecule has 158 valence electrons. The van der Waals surface area contributed by atoms with E-state index in [-0.39, 0.29) is 0 Å². The fraction of sp³-hybridized carbons (Fsp3) is 0.556. The zero-order chi connectivity index (χ0) is 21.2. The van der Waals surface area contributed by atoms with E-state index in [2.05, 4.69) is 4.90 Å². The molecular weight excluding hydrogens is 388 g/mol. The molecule has 1 aliphatic heterocycles. The number of aliphatic carboxylic acids is 2. The summed E-state index contributed by atoms with van der Waals surface area (Å²) in [5.74, 6) is -3.65. The molecule has 0 spiro atoms. The second-order valence-corrected chi connectivity index (χ2v) is 8.65. The summed E-state index contributed by atoms with van der Waals surface area (Å²) in [6.45, 7) is 4.59. The number of benzene rings is 1. The predicted molar refractivity (Wildman–Crippen MR) is 103 cm³/mol. The van der Waals surface area contributed by atoms with E-state index in [9.17, 15) is 8.42 Å². The van der Waals surface area contributed by atoms with Crippen molar-refractivity contribution in [2.75, 3.05) is 40.3 Å². The number of hydrogen-bond donors (Lipinski definition) is 2. The lowest BCUT2D eigenvalue weighted by Crippen LogP contribution is -2.32. The average molecular weight is 416 g/mol. The molecule has 1 saturated heterocycles. The van der Waals surface area contributed by atoms with Gasteiger partial charge >= 0.3 is 11.9 Å². The molecule has 0 atom stereocenters. The summed E-state index contributed by atoms with van der Waals surface area (Å²) in [7, 11) is -0.278. The van der Waals surface area contributed by atoms with Crippen LogP contribution in [0.5, 0.6) is 0 Å². The van der Waals surface area contributed by atoms with Gasteiger partial charge in [-0.1, -0.05) is 18.6 Å². The number of likely N-dealkylation sites (tertiary alicyclic amines) is 1. The minimum atomic E-state index is -3.35. The molecule has 28 heavy (non-hydrogen) atoms. The van der Waals surface area contributed by atoms with E-state index in [1.807, 2.05) is 12.1 Å². The molecule has 9 nitrogen and oxygen atoms in total. The summed E-state index contributed by atoms with van der Waals surface area (Å²) in [5.41, 5.74) is 0.997. The Bertz CT molecular complexity index is 715. The number of sulfonamides is 1. The first-order chi connectivity index (χ1) is 13.1. The van der Waals surface area contributed by atoms with Crippen molar-refractivity contribution in [2.24, 2.45) is 0 Å². The van der Waals surface area contributed by atoms with Crippen molar-refractivity contribution in [2.45, 2.75) is 30.8 Å². The molecule has 0 aliphatic carbocycles. The predicted octanol–water partition coefficient (Wildman–Crippen LogP) is 1.10. The normalized spacial score (nSPS) is 15.0. The fourth-order valence-electron chi connectivity index (χ4n) is 2.54. The standard InChI is InChI=1S/C16H26N2O3S.C2H2O4/c1-17(2)22(19,20)16-8-6-15(7-9-16)14-21-13-12-18-10-4-3-5-11-18;3-1(4)2(5)6/h6-9H,3-5,10-14H2,1-2H3;(H,3,4)(H,5,6). The lowest BCUT2D eigenvalue weighted by molar-refractivity contribution is -0.159. The van der Waals surface area contributed by atoms with Gasteiger partial charge < -0.3 is 19.8 Å². The van der Waals surface area contributed by atoms with Crippen molar-refractivity contribution in [3.05, 3.63) is 29.8 Å². The minimum absolute atomic E-state index is 0.314. The van der Waals surface area contributed by atoms with Crippen LogP contribution in [0.3, 0.4) is 0 Å². The molecule has 1 fully saturated rings. The Hall–Kier alpha value is -2.01. The van der Waals surface area contributed by atoms with Gasteiger partial charge in [0, 0.05) is 20.6 Å². The van der Waals surface area contributed by atoms with E-state index in [0.29, 0.717) is 11.5 Å².